The molecule has 0 bridgehead atoms. The summed E-state index contributed by atoms with van der Waals surface area (Å²) in [6.07, 6.45) is 3.88. The van der Waals surface area contributed by atoms with Crippen LogP contribution in [0.15, 0.2) is 60.8 Å². The summed E-state index contributed by atoms with van der Waals surface area (Å²) < 4.78 is 2.48. The van der Waals surface area contributed by atoms with Gasteiger partial charge in [-0.3, -0.25) is 15.1 Å². The average molecular weight is 427 g/mol. The molecule has 162 valence electrons. The molecule has 0 aliphatic carbocycles. The number of rotatable bonds is 5. The minimum absolute atomic E-state index is 0.129. The van der Waals surface area contributed by atoms with E-state index >= 15 is 0 Å². The van der Waals surface area contributed by atoms with E-state index in [1.54, 1.807) is 12.1 Å². The lowest BCUT2D eigenvalue weighted by Crippen LogP contribution is -2.31. The smallest absolute Gasteiger partial charge is 0.269 e. The van der Waals surface area contributed by atoms with Gasteiger partial charge in [0.1, 0.15) is 0 Å². The summed E-state index contributed by atoms with van der Waals surface area (Å²) in [5, 5.41) is 12.3. The molecule has 5 rings (SSSR count). The standard InChI is InChI=1S/C26H26N4O2/c1-18-3-10-25-23(15-18)24-17-28(21-6-8-22(9-7-21)30(31)32)13-12-26(24)29(25)14-11-20-5-4-19(2)27-16-20/h3-10,15-16H,11-14,17H2,1-2H3. The van der Waals surface area contributed by atoms with Crippen molar-refractivity contribution in [3.63, 3.8) is 0 Å². The van der Waals surface area contributed by atoms with Gasteiger partial charge >= 0.3 is 0 Å². The molecule has 0 radical (unpaired) electrons. The van der Waals surface area contributed by atoms with Crippen molar-refractivity contribution in [3.8, 4) is 0 Å². The van der Waals surface area contributed by atoms with Gasteiger partial charge < -0.3 is 9.47 Å². The zero-order chi connectivity index (χ0) is 22.2. The van der Waals surface area contributed by atoms with Crippen LogP contribution in [0.3, 0.4) is 0 Å². The Balaban J connectivity index is 1.47. The summed E-state index contributed by atoms with van der Waals surface area (Å²) in [5.41, 5.74) is 8.77. The van der Waals surface area contributed by atoms with E-state index in [0.29, 0.717) is 0 Å². The predicted octanol–water partition coefficient (Wildman–Crippen LogP) is 5.37. The van der Waals surface area contributed by atoms with Crippen molar-refractivity contribution in [2.45, 2.75) is 39.8 Å². The van der Waals surface area contributed by atoms with Crippen LogP contribution in [0.1, 0.15) is 28.1 Å². The first-order chi connectivity index (χ1) is 15.5. The third kappa shape index (κ3) is 3.73. The molecule has 1 aliphatic heterocycles. The van der Waals surface area contributed by atoms with Gasteiger partial charge in [0.2, 0.25) is 0 Å². The van der Waals surface area contributed by atoms with Gasteiger partial charge in [-0.2, -0.15) is 0 Å². The first kappa shape index (κ1) is 20.2. The summed E-state index contributed by atoms with van der Waals surface area (Å²) >= 11 is 0. The number of nitrogens with zero attached hydrogens (tertiary/aromatic N) is 4. The van der Waals surface area contributed by atoms with E-state index in [-0.39, 0.29) is 10.6 Å². The van der Waals surface area contributed by atoms with Crippen LogP contribution in [0, 0.1) is 24.0 Å². The molecule has 0 spiro atoms. The summed E-state index contributed by atoms with van der Waals surface area (Å²) in [6.45, 7) is 6.78. The van der Waals surface area contributed by atoms with E-state index in [1.165, 1.54) is 33.3 Å². The Labute approximate surface area is 187 Å². The largest absolute Gasteiger partial charge is 0.367 e. The number of benzene rings is 2. The van der Waals surface area contributed by atoms with Crippen molar-refractivity contribution < 1.29 is 4.92 Å². The molecular weight excluding hydrogens is 400 g/mol. The van der Waals surface area contributed by atoms with Crippen LogP contribution in [0.5, 0.6) is 0 Å². The molecule has 0 fully saturated rings. The third-order valence-electron chi connectivity index (χ3n) is 6.43. The third-order valence-corrected chi connectivity index (χ3v) is 6.43. The number of fused-ring (bicyclic) bond motifs is 3. The van der Waals surface area contributed by atoms with Crippen LogP contribution in [0.25, 0.3) is 10.9 Å². The van der Waals surface area contributed by atoms with Gasteiger partial charge in [0.25, 0.3) is 5.69 Å². The Morgan fingerprint density at radius 1 is 1.06 bits per heavy atom. The maximum atomic E-state index is 11.0. The molecule has 3 heterocycles. The Kier molecular flexibility index (Phi) is 5.13. The first-order valence-electron chi connectivity index (χ1n) is 11.0. The fourth-order valence-corrected chi connectivity index (χ4v) is 4.71. The van der Waals surface area contributed by atoms with Crippen LogP contribution in [-0.4, -0.2) is 21.0 Å². The summed E-state index contributed by atoms with van der Waals surface area (Å²) in [6, 6.07) is 17.9. The van der Waals surface area contributed by atoms with Crippen LogP contribution >= 0.6 is 0 Å². The van der Waals surface area contributed by atoms with Crippen molar-refractivity contribution in [3.05, 3.63) is 99.0 Å². The monoisotopic (exact) mass is 426 g/mol. The zero-order valence-corrected chi connectivity index (χ0v) is 18.4. The molecule has 1 aliphatic rings. The van der Waals surface area contributed by atoms with Crippen LogP contribution in [0.4, 0.5) is 11.4 Å². The van der Waals surface area contributed by atoms with Crippen molar-refractivity contribution >= 4 is 22.3 Å². The quantitative estimate of drug-likeness (QED) is 0.318. The molecule has 0 atom stereocenters. The predicted molar refractivity (Wildman–Crippen MR) is 127 cm³/mol. The summed E-state index contributed by atoms with van der Waals surface area (Å²) in [4.78, 5) is 17.4. The van der Waals surface area contributed by atoms with Gasteiger partial charge in [0, 0.05) is 77.9 Å². The van der Waals surface area contributed by atoms with Crippen molar-refractivity contribution in [1.29, 1.82) is 0 Å². The summed E-state index contributed by atoms with van der Waals surface area (Å²) in [5.74, 6) is 0. The molecule has 0 N–H and O–H groups in total. The maximum absolute atomic E-state index is 11.0. The number of non-ortho nitro benzene ring substituents is 1. The SMILES string of the molecule is Cc1ccc2c(c1)c1c(n2CCc2ccc(C)nc2)CCN(c2ccc([N+](=O)[O-])cc2)C1. The second kappa shape index (κ2) is 8.11. The Morgan fingerprint density at radius 3 is 2.59 bits per heavy atom. The van der Waals surface area contributed by atoms with E-state index < -0.39 is 0 Å². The van der Waals surface area contributed by atoms with Gasteiger partial charge in [-0.1, -0.05) is 17.7 Å². The minimum Gasteiger partial charge on any atom is -0.367 e. The Bertz CT molecular complexity index is 1290. The van der Waals surface area contributed by atoms with Gasteiger partial charge in [0.05, 0.1) is 4.92 Å². The topological polar surface area (TPSA) is 64.2 Å². The molecule has 32 heavy (non-hydrogen) atoms. The lowest BCUT2D eigenvalue weighted by Gasteiger charge is -2.30. The van der Waals surface area contributed by atoms with Crippen molar-refractivity contribution in [2.24, 2.45) is 0 Å². The highest BCUT2D eigenvalue weighted by Gasteiger charge is 2.24. The second-order valence-electron chi connectivity index (χ2n) is 8.60. The number of nitro groups is 1. The highest BCUT2D eigenvalue weighted by molar-refractivity contribution is 5.87. The number of hydrogen-bond acceptors (Lipinski definition) is 4. The number of hydrogen-bond donors (Lipinski definition) is 0. The molecule has 0 saturated heterocycles. The lowest BCUT2D eigenvalue weighted by molar-refractivity contribution is -0.384. The highest BCUT2D eigenvalue weighted by Crippen LogP contribution is 2.34. The highest BCUT2D eigenvalue weighted by atomic mass is 16.6. The molecule has 0 saturated carbocycles. The van der Waals surface area contributed by atoms with E-state index in [2.05, 4.69) is 51.7 Å². The molecule has 2 aromatic heterocycles. The van der Waals surface area contributed by atoms with Gasteiger partial charge in [-0.25, -0.2) is 0 Å². The van der Waals surface area contributed by atoms with Crippen molar-refractivity contribution in [1.82, 2.24) is 9.55 Å². The van der Waals surface area contributed by atoms with E-state index in [1.807, 2.05) is 25.3 Å². The van der Waals surface area contributed by atoms with Crippen LogP contribution < -0.4 is 4.90 Å². The van der Waals surface area contributed by atoms with Gasteiger partial charge in [-0.05, 0) is 56.2 Å². The Morgan fingerprint density at radius 2 is 1.88 bits per heavy atom. The molecular formula is C26H26N4O2. The lowest BCUT2D eigenvalue weighted by atomic mass is 10.0. The normalized spacial score (nSPS) is 13.4. The zero-order valence-electron chi connectivity index (χ0n) is 18.4. The first-order valence-corrected chi connectivity index (χ1v) is 11.0. The maximum Gasteiger partial charge on any atom is 0.269 e. The van der Waals surface area contributed by atoms with Crippen molar-refractivity contribution in [2.75, 3.05) is 11.4 Å². The summed E-state index contributed by atoms with van der Waals surface area (Å²) in [7, 11) is 0. The number of aromatic nitrogens is 2. The molecule has 0 unspecified atom stereocenters. The molecule has 6 nitrogen and oxygen atoms in total. The minimum atomic E-state index is -0.349. The number of pyridine rings is 1. The molecule has 2 aromatic carbocycles. The second-order valence-corrected chi connectivity index (χ2v) is 8.60. The van der Waals surface area contributed by atoms with E-state index in [9.17, 15) is 10.1 Å². The Hall–Kier alpha value is -3.67. The molecule has 4 aromatic rings. The van der Waals surface area contributed by atoms with Gasteiger partial charge in [-0.15, -0.1) is 0 Å². The fourth-order valence-electron chi connectivity index (χ4n) is 4.71. The molecule has 6 heteroatoms. The van der Waals surface area contributed by atoms with Crippen LogP contribution in [0.2, 0.25) is 0 Å². The number of nitro benzene ring substituents is 1. The van der Waals surface area contributed by atoms with E-state index in [4.69, 9.17) is 0 Å². The number of aryl methyl sites for hydroxylation is 4. The number of anilines is 1. The van der Waals surface area contributed by atoms with Crippen LogP contribution in [-0.2, 0) is 25.9 Å². The fraction of sp³-hybridized carbons (Fsp3) is 0.269. The molecule has 0 amide bonds. The van der Waals surface area contributed by atoms with E-state index in [0.717, 1.165) is 43.9 Å². The van der Waals surface area contributed by atoms with Gasteiger partial charge in [0.15, 0.2) is 0 Å². The average Bonchev–Trinajstić information content (AvgIpc) is 3.11.